The topological polar surface area (TPSA) is 68.9 Å². The Morgan fingerprint density at radius 2 is 2.10 bits per heavy atom. The van der Waals surface area contributed by atoms with Gasteiger partial charge in [0.1, 0.15) is 11.5 Å². The van der Waals surface area contributed by atoms with Crippen molar-refractivity contribution in [2.75, 3.05) is 0 Å². The summed E-state index contributed by atoms with van der Waals surface area (Å²) >= 11 is 0. The third-order valence-corrected chi connectivity index (χ3v) is 3.52. The number of carbonyl (C=O) groups excluding carboxylic acids is 1. The van der Waals surface area contributed by atoms with Crippen LogP contribution in [-0.4, -0.2) is 20.9 Å². The van der Waals surface area contributed by atoms with Gasteiger partial charge in [0, 0.05) is 11.6 Å². The Kier molecular flexibility index (Phi) is 3.48. The van der Waals surface area contributed by atoms with Crippen molar-refractivity contribution < 1.29 is 9.32 Å². The smallest absolute Gasteiger partial charge is 0.237 e. The molecule has 2 aromatic heterocycles. The molecule has 0 spiro atoms. The minimum atomic E-state index is -0.346. The predicted octanol–water partition coefficient (Wildman–Crippen LogP) is 3.37. The van der Waals surface area contributed by atoms with Crippen molar-refractivity contribution in [1.29, 1.82) is 0 Å². The molecule has 0 bridgehead atoms. The molecule has 1 atom stereocenters. The lowest BCUT2D eigenvalue weighted by atomic mass is 10.0. The van der Waals surface area contributed by atoms with Crippen molar-refractivity contribution in [3.05, 3.63) is 42.4 Å². The van der Waals surface area contributed by atoms with Crippen molar-refractivity contribution in [2.45, 2.75) is 26.2 Å². The zero-order valence-electron chi connectivity index (χ0n) is 11.9. The van der Waals surface area contributed by atoms with Crippen molar-refractivity contribution in [3.8, 4) is 11.5 Å². The standard InChI is InChI=1S/C16H15N3O2/c1-3-12(10(2)20)16-18-15(19-21-16)14-13-7-5-4-6-11(13)8-9-17-14/h4-9,12H,3H2,1-2H3. The number of hydrogen-bond donors (Lipinski definition) is 0. The molecule has 5 heteroatoms. The van der Waals surface area contributed by atoms with Gasteiger partial charge in [-0.3, -0.25) is 9.78 Å². The maximum atomic E-state index is 11.6. The van der Waals surface area contributed by atoms with Crippen molar-refractivity contribution in [2.24, 2.45) is 0 Å². The highest BCUT2D eigenvalue weighted by molar-refractivity contribution is 5.92. The molecule has 5 nitrogen and oxygen atoms in total. The van der Waals surface area contributed by atoms with Crippen LogP contribution >= 0.6 is 0 Å². The van der Waals surface area contributed by atoms with Crippen LogP contribution < -0.4 is 0 Å². The second kappa shape index (κ2) is 5.44. The van der Waals surface area contributed by atoms with Crippen LogP contribution in [0.1, 0.15) is 32.1 Å². The largest absolute Gasteiger partial charge is 0.338 e. The van der Waals surface area contributed by atoms with E-state index in [2.05, 4.69) is 15.1 Å². The molecular formula is C16H15N3O2. The van der Waals surface area contributed by atoms with Crippen LogP contribution in [0.15, 0.2) is 41.1 Å². The van der Waals surface area contributed by atoms with E-state index in [-0.39, 0.29) is 11.7 Å². The number of pyridine rings is 1. The van der Waals surface area contributed by atoms with E-state index in [9.17, 15) is 4.79 Å². The summed E-state index contributed by atoms with van der Waals surface area (Å²) < 4.78 is 5.26. The van der Waals surface area contributed by atoms with E-state index in [0.29, 0.717) is 23.8 Å². The average Bonchev–Trinajstić information content (AvgIpc) is 2.96. The summed E-state index contributed by atoms with van der Waals surface area (Å²) in [5.41, 5.74) is 0.668. The summed E-state index contributed by atoms with van der Waals surface area (Å²) in [6, 6.07) is 9.82. The molecule has 2 heterocycles. The zero-order valence-corrected chi connectivity index (χ0v) is 11.9. The minimum Gasteiger partial charge on any atom is -0.338 e. The molecule has 0 aliphatic heterocycles. The van der Waals surface area contributed by atoms with Crippen LogP contribution in [0.5, 0.6) is 0 Å². The Morgan fingerprint density at radius 3 is 2.86 bits per heavy atom. The van der Waals surface area contributed by atoms with E-state index in [1.54, 1.807) is 6.20 Å². The quantitative estimate of drug-likeness (QED) is 0.733. The molecule has 0 saturated heterocycles. The number of fused-ring (bicyclic) bond motifs is 1. The van der Waals surface area contributed by atoms with Gasteiger partial charge in [-0.15, -0.1) is 0 Å². The Hall–Kier alpha value is -2.56. The molecule has 0 saturated carbocycles. The molecule has 0 aliphatic carbocycles. The van der Waals surface area contributed by atoms with Crippen LogP contribution in [-0.2, 0) is 4.79 Å². The van der Waals surface area contributed by atoms with Crippen molar-refractivity contribution in [3.63, 3.8) is 0 Å². The molecule has 0 N–H and O–H groups in total. The van der Waals surface area contributed by atoms with E-state index < -0.39 is 0 Å². The monoisotopic (exact) mass is 281 g/mol. The number of rotatable bonds is 4. The fourth-order valence-corrected chi connectivity index (χ4v) is 2.41. The maximum absolute atomic E-state index is 11.6. The number of carbonyl (C=O) groups is 1. The molecular weight excluding hydrogens is 266 g/mol. The predicted molar refractivity (Wildman–Crippen MR) is 78.7 cm³/mol. The molecule has 1 aromatic carbocycles. The summed E-state index contributed by atoms with van der Waals surface area (Å²) in [6.45, 7) is 3.46. The SMILES string of the molecule is CCC(C(C)=O)c1nc(-c2nccc3ccccc23)no1. The number of benzene rings is 1. The van der Waals surface area contributed by atoms with Gasteiger partial charge in [0.15, 0.2) is 0 Å². The van der Waals surface area contributed by atoms with Crippen molar-refractivity contribution >= 4 is 16.6 Å². The van der Waals surface area contributed by atoms with Gasteiger partial charge in [-0.1, -0.05) is 36.3 Å². The normalized spacial score (nSPS) is 12.5. The van der Waals surface area contributed by atoms with Crippen LogP contribution in [0.25, 0.3) is 22.3 Å². The molecule has 0 aliphatic rings. The number of ketones is 1. The maximum Gasteiger partial charge on any atom is 0.237 e. The lowest BCUT2D eigenvalue weighted by molar-refractivity contribution is -0.119. The average molecular weight is 281 g/mol. The Morgan fingerprint density at radius 1 is 1.29 bits per heavy atom. The van der Waals surface area contributed by atoms with Gasteiger partial charge in [-0.05, 0) is 24.8 Å². The fourth-order valence-electron chi connectivity index (χ4n) is 2.41. The third kappa shape index (κ3) is 2.42. The number of hydrogen-bond acceptors (Lipinski definition) is 5. The first-order valence-corrected chi connectivity index (χ1v) is 6.89. The fraction of sp³-hybridized carbons (Fsp3) is 0.250. The molecule has 21 heavy (non-hydrogen) atoms. The van der Waals surface area contributed by atoms with Gasteiger partial charge in [-0.2, -0.15) is 4.98 Å². The van der Waals surface area contributed by atoms with Gasteiger partial charge >= 0.3 is 0 Å². The Bertz CT molecular complexity index is 790. The molecule has 106 valence electrons. The zero-order chi connectivity index (χ0) is 14.8. The molecule has 0 amide bonds. The molecule has 0 fully saturated rings. The molecule has 0 radical (unpaired) electrons. The van der Waals surface area contributed by atoms with Crippen LogP contribution in [0.4, 0.5) is 0 Å². The number of Topliss-reactive ketones (excluding diaryl/α,β-unsaturated/α-hetero) is 1. The van der Waals surface area contributed by atoms with E-state index in [1.807, 2.05) is 37.3 Å². The first-order valence-electron chi connectivity index (χ1n) is 6.89. The van der Waals surface area contributed by atoms with Gasteiger partial charge in [0.25, 0.3) is 0 Å². The number of aromatic nitrogens is 3. The lowest BCUT2D eigenvalue weighted by Crippen LogP contribution is -2.07. The highest BCUT2D eigenvalue weighted by atomic mass is 16.5. The third-order valence-electron chi connectivity index (χ3n) is 3.52. The summed E-state index contributed by atoms with van der Waals surface area (Å²) in [6.07, 6.45) is 2.36. The van der Waals surface area contributed by atoms with E-state index >= 15 is 0 Å². The summed E-state index contributed by atoms with van der Waals surface area (Å²) in [5, 5.41) is 6.01. The van der Waals surface area contributed by atoms with Crippen LogP contribution in [0.2, 0.25) is 0 Å². The molecule has 3 rings (SSSR count). The van der Waals surface area contributed by atoms with Gasteiger partial charge in [0.2, 0.25) is 11.7 Å². The van der Waals surface area contributed by atoms with Crippen LogP contribution in [0.3, 0.4) is 0 Å². The van der Waals surface area contributed by atoms with Gasteiger partial charge in [-0.25, -0.2) is 0 Å². The van der Waals surface area contributed by atoms with Gasteiger partial charge in [0.05, 0.1) is 5.92 Å². The summed E-state index contributed by atoms with van der Waals surface area (Å²) in [5.74, 6) is 0.455. The first-order chi connectivity index (χ1) is 10.2. The molecule has 1 unspecified atom stereocenters. The van der Waals surface area contributed by atoms with E-state index in [1.165, 1.54) is 6.92 Å². The highest BCUT2D eigenvalue weighted by Gasteiger charge is 2.22. The van der Waals surface area contributed by atoms with E-state index in [0.717, 1.165) is 10.8 Å². The minimum absolute atomic E-state index is 0.0265. The Balaban J connectivity index is 2.08. The van der Waals surface area contributed by atoms with Crippen LogP contribution in [0, 0.1) is 0 Å². The Labute approximate surface area is 122 Å². The lowest BCUT2D eigenvalue weighted by Gasteiger charge is -2.03. The van der Waals surface area contributed by atoms with E-state index in [4.69, 9.17) is 4.52 Å². The summed E-state index contributed by atoms with van der Waals surface area (Å²) in [4.78, 5) is 20.3. The second-order valence-corrected chi connectivity index (χ2v) is 4.91. The van der Waals surface area contributed by atoms with Crippen molar-refractivity contribution in [1.82, 2.24) is 15.1 Å². The highest BCUT2D eigenvalue weighted by Crippen LogP contribution is 2.26. The molecule has 3 aromatic rings. The number of nitrogens with zero attached hydrogens (tertiary/aromatic N) is 3. The first kappa shape index (κ1) is 13.4. The summed E-state index contributed by atoms with van der Waals surface area (Å²) in [7, 11) is 0. The van der Waals surface area contributed by atoms with Gasteiger partial charge < -0.3 is 4.52 Å². The second-order valence-electron chi connectivity index (χ2n) is 4.91.